The Morgan fingerprint density at radius 2 is 1.54 bits per heavy atom. The summed E-state index contributed by atoms with van der Waals surface area (Å²) in [5, 5.41) is 0. The van der Waals surface area contributed by atoms with Crippen LogP contribution in [0.2, 0.25) is 0 Å². The van der Waals surface area contributed by atoms with E-state index < -0.39 is 10.1 Å². The van der Waals surface area contributed by atoms with Crippen molar-refractivity contribution < 1.29 is 12.6 Å². The molecule has 0 radical (unpaired) electrons. The molecule has 0 unspecified atom stereocenters. The van der Waals surface area contributed by atoms with Crippen molar-refractivity contribution in [1.29, 1.82) is 0 Å². The number of fused-ring (bicyclic) bond motifs is 3. The minimum Gasteiger partial charge on any atom is -0.262 e. The van der Waals surface area contributed by atoms with Crippen molar-refractivity contribution in [3.8, 4) is 11.1 Å². The first-order chi connectivity index (χ1) is 13.5. The van der Waals surface area contributed by atoms with Crippen molar-refractivity contribution in [3.05, 3.63) is 89.0 Å². The summed E-state index contributed by atoms with van der Waals surface area (Å²) in [6.45, 7) is 1.98. The predicted octanol–water partition coefficient (Wildman–Crippen LogP) is 5.45. The first-order valence-electron chi connectivity index (χ1n) is 9.70. The number of hydrogen-bond donors (Lipinski definition) is 0. The van der Waals surface area contributed by atoms with Gasteiger partial charge >= 0.3 is 0 Å². The lowest BCUT2D eigenvalue weighted by Gasteiger charge is -2.20. The van der Waals surface area contributed by atoms with E-state index in [1.807, 2.05) is 19.1 Å². The summed E-state index contributed by atoms with van der Waals surface area (Å²) in [4.78, 5) is 0.197. The van der Waals surface area contributed by atoms with Gasteiger partial charge in [-0.05, 0) is 72.6 Å². The highest BCUT2D eigenvalue weighted by Gasteiger charge is 2.19. The van der Waals surface area contributed by atoms with Crippen LogP contribution in [-0.4, -0.2) is 8.42 Å². The van der Waals surface area contributed by atoms with E-state index >= 15 is 0 Å². The van der Waals surface area contributed by atoms with Gasteiger partial charge in [-0.15, -0.1) is 0 Å². The molecule has 0 saturated carbocycles. The van der Waals surface area contributed by atoms with Crippen LogP contribution in [0.5, 0.6) is 0 Å². The van der Waals surface area contributed by atoms with Gasteiger partial charge in [-0.3, -0.25) is 4.18 Å². The molecular weight excluding hydrogens is 368 g/mol. The summed E-state index contributed by atoms with van der Waals surface area (Å²) in [6, 6.07) is 21.4. The van der Waals surface area contributed by atoms with Gasteiger partial charge in [0.1, 0.15) is 0 Å². The van der Waals surface area contributed by atoms with E-state index in [0.717, 1.165) is 36.8 Å². The van der Waals surface area contributed by atoms with Crippen LogP contribution >= 0.6 is 0 Å². The van der Waals surface area contributed by atoms with E-state index in [4.69, 9.17) is 4.18 Å². The van der Waals surface area contributed by atoms with E-state index in [2.05, 4.69) is 30.3 Å². The molecule has 0 heterocycles. The average molecular weight is 393 g/mol. The fourth-order valence-corrected chi connectivity index (χ4v) is 4.74. The van der Waals surface area contributed by atoms with Gasteiger partial charge in [0.05, 0.1) is 11.5 Å². The highest BCUT2D eigenvalue weighted by molar-refractivity contribution is 7.86. The normalized spacial score (nSPS) is 13.9. The molecule has 1 aliphatic rings. The van der Waals surface area contributed by atoms with Gasteiger partial charge in [0.25, 0.3) is 10.1 Å². The lowest BCUT2D eigenvalue weighted by atomic mass is 9.86. The molecular formula is C24H24O3S. The molecule has 0 fully saturated rings. The summed E-state index contributed by atoms with van der Waals surface area (Å²) in [5.41, 5.74) is 6.97. The second-order valence-electron chi connectivity index (χ2n) is 7.34. The second-order valence-corrected chi connectivity index (χ2v) is 8.95. The summed E-state index contributed by atoms with van der Waals surface area (Å²) >= 11 is 0. The molecule has 0 aliphatic heterocycles. The van der Waals surface area contributed by atoms with Crippen LogP contribution in [0.15, 0.2) is 71.6 Å². The van der Waals surface area contributed by atoms with E-state index in [-0.39, 0.29) is 11.5 Å². The maximum Gasteiger partial charge on any atom is 0.297 e. The molecule has 3 nitrogen and oxygen atoms in total. The molecule has 144 valence electrons. The predicted molar refractivity (Wildman–Crippen MR) is 112 cm³/mol. The first kappa shape index (κ1) is 18.9. The quantitative estimate of drug-likeness (QED) is 0.555. The number of aryl methyl sites for hydroxylation is 2. The second kappa shape index (κ2) is 7.90. The molecule has 1 aliphatic carbocycles. The van der Waals surface area contributed by atoms with Gasteiger partial charge < -0.3 is 0 Å². The summed E-state index contributed by atoms with van der Waals surface area (Å²) in [5.74, 6) is 0. The Bertz CT molecular complexity index is 1080. The molecule has 0 atom stereocenters. The third kappa shape index (κ3) is 3.89. The SMILES string of the molecule is Cc1ccc(S(=O)(=O)OCc2cccc3c2CCCCc2ccccc2-3)cc1. The van der Waals surface area contributed by atoms with Gasteiger partial charge in [0, 0.05) is 0 Å². The van der Waals surface area contributed by atoms with Crippen LogP contribution < -0.4 is 0 Å². The molecule has 4 rings (SSSR count). The van der Waals surface area contributed by atoms with Gasteiger partial charge in [-0.25, -0.2) is 0 Å². The van der Waals surface area contributed by atoms with Crippen LogP contribution in [0.25, 0.3) is 11.1 Å². The summed E-state index contributed by atoms with van der Waals surface area (Å²) < 4.78 is 30.6. The largest absolute Gasteiger partial charge is 0.297 e. The molecule has 0 N–H and O–H groups in total. The number of benzene rings is 3. The van der Waals surface area contributed by atoms with Gasteiger partial charge in [-0.2, -0.15) is 8.42 Å². The fraction of sp³-hybridized carbons (Fsp3) is 0.250. The topological polar surface area (TPSA) is 43.4 Å². The van der Waals surface area contributed by atoms with E-state index in [9.17, 15) is 8.42 Å². The van der Waals surface area contributed by atoms with Crippen LogP contribution in [0, 0.1) is 6.92 Å². The Morgan fingerprint density at radius 1 is 0.821 bits per heavy atom. The Hall–Kier alpha value is -2.43. The Kier molecular flexibility index (Phi) is 5.33. The van der Waals surface area contributed by atoms with Crippen LogP contribution in [0.1, 0.15) is 35.1 Å². The minimum atomic E-state index is -3.78. The van der Waals surface area contributed by atoms with Crippen molar-refractivity contribution in [3.63, 3.8) is 0 Å². The minimum absolute atomic E-state index is 0.0571. The Balaban J connectivity index is 1.66. The standard InChI is InChI=1S/C24H24O3S/c1-18-13-15-21(16-14-18)28(25,26)27-17-20-9-6-12-24-22-10-4-2-7-19(22)8-3-5-11-23(20)24/h2,4,6-7,9-10,12-16H,3,5,8,11,17H2,1H3. The van der Waals surface area contributed by atoms with Crippen LogP contribution in [0.3, 0.4) is 0 Å². The van der Waals surface area contributed by atoms with Crippen LogP contribution in [-0.2, 0) is 33.7 Å². The number of hydrogen-bond acceptors (Lipinski definition) is 3. The Morgan fingerprint density at radius 3 is 2.36 bits per heavy atom. The van der Waals surface area contributed by atoms with E-state index in [1.54, 1.807) is 24.3 Å². The Labute approximate surface area is 167 Å². The lowest BCUT2D eigenvalue weighted by Crippen LogP contribution is -2.09. The molecule has 28 heavy (non-hydrogen) atoms. The smallest absolute Gasteiger partial charge is 0.262 e. The fourth-order valence-electron chi connectivity index (χ4n) is 3.85. The van der Waals surface area contributed by atoms with Crippen LogP contribution in [0.4, 0.5) is 0 Å². The zero-order valence-corrected chi connectivity index (χ0v) is 16.8. The summed E-state index contributed by atoms with van der Waals surface area (Å²) in [7, 11) is -3.78. The van der Waals surface area contributed by atoms with Crippen molar-refractivity contribution in [2.75, 3.05) is 0 Å². The maximum absolute atomic E-state index is 12.6. The number of rotatable bonds is 4. The molecule has 0 aromatic heterocycles. The van der Waals surface area contributed by atoms with E-state index in [1.165, 1.54) is 22.3 Å². The van der Waals surface area contributed by atoms with Gasteiger partial charge in [-0.1, -0.05) is 60.2 Å². The van der Waals surface area contributed by atoms with Crippen molar-refractivity contribution in [1.82, 2.24) is 0 Å². The van der Waals surface area contributed by atoms with Crippen molar-refractivity contribution >= 4 is 10.1 Å². The van der Waals surface area contributed by atoms with Gasteiger partial charge in [0.15, 0.2) is 0 Å². The first-order valence-corrected chi connectivity index (χ1v) is 11.1. The van der Waals surface area contributed by atoms with Crippen molar-refractivity contribution in [2.24, 2.45) is 0 Å². The lowest BCUT2D eigenvalue weighted by molar-refractivity contribution is 0.307. The molecule has 0 amide bonds. The maximum atomic E-state index is 12.6. The summed E-state index contributed by atoms with van der Waals surface area (Å²) in [6.07, 6.45) is 4.24. The van der Waals surface area contributed by atoms with Crippen molar-refractivity contribution in [2.45, 2.75) is 44.1 Å². The monoisotopic (exact) mass is 392 g/mol. The average Bonchev–Trinajstić information content (AvgIpc) is 2.69. The van der Waals surface area contributed by atoms with Gasteiger partial charge in [0.2, 0.25) is 0 Å². The molecule has 3 aromatic rings. The molecule has 0 spiro atoms. The highest BCUT2D eigenvalue weighted by Crippen LogP contribution is 2.34. The molecule has 0 bridgehead atoms. The molecule has 3 aromatic carbocycles. The molecule has 4 heteroatoms. The van der Waals surface area contributed by atoms with E-state index in [0.29, 0.717) is 0 Å². The third-order valence-electron chi connectivity index (χ3n) is 5.38. The zero-order valence-electron chi connectivity index (χ0n) is 16.0. The molecule has 0 saturated heterocycles. The highest BCUT2D eigenvalue weighted by atomic mass is 32.2. The zero-order chi connectivity index (χ0) is 19.6. The third-order valence-corrected chi connectivity index (χ3v) is 6.66.